The quantitative estimate of drug-likeness (QED) is 0.587. The number of rotatable bonds is 1. The predicted molar refractivity (Wildman–Crippen MR) is 69.0 cm³/mol. The van der Waals surface area contributed by atoms with Crippen LogP contribution < -0.4 is 4.90 Å². The number of piperazine rings is 1. The van der Waals surface area contributed by atoms with E-state index >= 15 is 0 Å². The van der Waals surface area contributed by atoms with Crippen molar-refractivity contribution >= 4 is 28.6 Å². The Morgan fingerprint density at radius 1 is 1.13 bits per heavy atom. The largest absolute Gasteiger partial charge is 0.368 e. The molecule has 1 aliphatic heterocycles. The Labute approximate surface area is 104 Å². The van der Waals surface area contributed by atoms with Crippen LogP contribution in [-0.4, -0.2) is 29.3 Å². The number of hydrogen-bond donors (Lipinski definition) is 0. The molecule has 4 heteroatoms. The van der Waals surface area contributed by atoms with Crippen LogP contribution in [0.1, 0.15) is 5.56 Å². The van der Waals surface area contributed by atoms with Crippen LogP contribution in [0.15, 0.2) is 24.3 Å². The van der Waals surface area contributed by atoms with E-state index in [-0.39, 0.29) is 0 Å². The summed E-state index contributed by atoms with van der Waals surface area (Å²) < 4.78 is 2.28. The summed E-state index contributed by atoms with van der Waals surface area (Å²) in [4.78, 5) is 2.29. The van der Waals surface area contributed by atoms with Crippen LogP contribution in [0.4, 0.5) is 5.69 Å². The van der Waals surface area contributed by atoms with Gasteiger partial charge in [0.05, 0.1) is 11.3 Å². The van der Waals surface area contributed by atoms with Crippen molar-refractivity contribution in [3.8, 4) is 6.07 Å². The number of hydrogen-bond acceptors (Lipinski definition) is 3. The molecule has 1 aliphatic rings. The summed E-state index contributed by atoms with van der Waals surface area (Å²) in [6.07, 6.45) is 0. The molecule has 0 radical (unpaired) electrons. The van der Waals surface area contributed by atoms with Crippen molar-refractivity contribution in [2.75, 3.05) is 31.1 Å². The van der Waals surface area contributed by atoms with Gasteiger partial charge in [0.2, 0.25) is 0 Å². The Morgan fingerprint density at radius 3 is 2.47 bits per heavy atom. The minimum atomic E-state index is 0.777. The zero-order valence-corrected chi connectivity index (χ0v) is 10.5. The highest BCUT2D eigenvalue weighted by Crippen LogP contribution is 2.21. The van der Waals surface area contributed by atoms with E-state index in [4.69, 9.17) is 5.26 Å². The third-order valence-corrected chi connectivity index (χ3v) is 3.56. The first-order valence-corrected chi connectivity index (χ1v) is 5.92. The average molecular weight is 313 g/mol. The maximum Gasteiger partial charge on any atom is 0.101 e. The minimum Gasteiger partial charge on any atom is -0.368 e. The van der Waals surface area contributed by atoms with E-state index in [2.05, 4.69) is 36.9 Å². The van der Waals surface area contributed by atoms with Gasteiger partial charge in [0.1, 0.15) is 6.07 Å². The normalized spacial score (nSPS) is 17.5. The molecule has 0 amide bonds. The summed E-state index contributed by atoms with van der Waals surface area (Å²) in [6, 6.07) is 10.1. The second kappa shape index (κ2) is 4.81. The monoisotopic (exact) mass is 313 g/mol. The summed E-state index contributed by atoms with van der Waals surface area (Å²) >= 11 is 2.35. The van der Waals surface area contributed by atoms with Gasteiger partial charge in [-0.3, -0.25) is 0 Å². The van der Waals surface area contributed by atoms with E-state index < -0.39 is 0 Å². The molecule has 1 heterocycles. The lowest BCUT2D eigenvalue weighted by atomic mass is 10.1. The topological polar surface area (TPSA) is 30.3 Å². The molecule has 3 nitrogen and oxygen atoms in total. The Bertz CT molecular complexity index is 378. The van der Waals surface area contributed by atoms with Gasteiger partial charge in [-0.1, -0.05) is 12.1 Å². The van der Waals surface area contributed by atoms with Crippen LogP contribution in [0.3, 0.4) is 0 Å². The smallest absolute Gasteiger partial charge is 0.101 e. The summed E-state index contributed by atoms with van der Waals surface area (Å²) in [5.74, 6) is 0. The fourth-order valence-corrected chi connectivity index (χ4v) is 2.20. The first-order chi connectivity index (χ1) is 7.31. The molecule has 0 N–H and O–H groups in total. The van der Waals surface area contributed by atoms with Crippen LogP contribution in [-0.2, 0) is 0 Å². The van der Waals surface area contributed by atoms with Gasteiger partial charge in [-0.25, -0.2) is 3.11 Å². The highest BCUT2D eigenvalue weighted by Gasteiger charge is 2.16. The predicted octanol–water partition coefficient (Wildman–Crippen LogP) is 2.03. The minimum absolute atomic E-state index is 0.777. The molecule has 2 rings (SSSR count). The lowest BCUT2D eigenvalue weighted by Gasteiger charge is -2.33. The molecule has 78 valence electrons. The summed E-state index contributed by atoms with van der Waals surface area (Å²) in [5, 5.41) is 9.01. The van der Waals surface area contributed by atoms with Crippen molar-refractivity contribution in [2.24, 2.45) is 0 Å². The van der Waals surface area contributed by atoms with Gasteiger partial charge in [-0.05, 0) is 12.1 Å². The molecule has 0 aliphatic carbocycles. The van der Waals surface area contributed by atoms with E-state index in [0.717, 1.165) is 37.4 Å². The molecular weight excluding hydrogens is 301 g/mol. The maximum absolute atomic E-state index is 9.01. The van der Waals surface area contributed by atoms with Crippen molar-refractivity contribution < 1.29 is 0 Å². The second-order valence-electron chi connectivity index (χ2n) is 3.53. The molecular formula is C11H12IN3. The highest BCUT2D eigenvalue weighted by atomic mass is 127. The number of benzene rings is 1. The van der Waals surface area contributed by atoms with Crippen molar-refractivity contribution in [3.63, 3.8) is 0 Å². The van der Waals surface area contributed by atoms with E-state index in [1.807, 2.05) is 24.3 Å². The summed E-state index contributed by atoms with van der Waals surface area (Å²) in [5.41, 5.74) is 1.85. The molecule has 1 fully saturated rings. The third-order valence-electron chi connectivity index (χ3n) is 2.59. The van der Waals surface area contributed by atoms with Crippen molar-refractivity contribution in [3.05, 3.63) is 29.8 Å². The van der Waals surface area contributed by atoms with Gasteiger partial charge in [0, 0.05) is 49.0 Å². The Hall–Kier alpha value is -0.800. The SMILES string of the molecule is N#Cc1ccccc1N1CCN(I)CC1. The number of anilines is 1. The molecule has 0 bridgehead atoms. The lowest BCUT2D eigenvalue weighted by molar-refractivity contribution is 0.460. The number of halogens is 1. The molecule has 1 aromatic rings. The standard InChI is InChI=1S/C11H12IN3/c12-15-7-5-14(6-8-15)11-4-2-1-3-10(11)9-13/h1-4H,5-8H2. The van der Waals surface area contributed by atoms with E-state index in [1.165, 1.54) is 0 Å². The molecule has 1 saturated heterocycles. The lowest BCUT2D eigenvalue weighted by Crippen LogP contribution is -2.42. The summed E-state index contributed by atoms with van der Waals surface area (Å²) in [7, 11) is 0. The molecule has 0 atom stereocenters. The Balaban J connectivity index is 2.19. The number of nitriles is 1. The van der Waals surface area contributed by atoms with Crippen LogP contribution in [0.25, 0.3) is 0 Å². The van der Waals surface area contributed by atoms with E-state index in [0.29, 0.717) is 0 Å². The van der Waals surface area contributed by atoms with Gasteiger partial charge in [-0.2, -0.15) is 5.26 Å². The zero-order valence-electron chi connectivity index (χ0n) is 8.36. The number of para-hydroxylation sites is 1. The molecule has 15 heavy (non-hydrogen) atoms. The van der Waals surface area contributed by atoms with Gasteiger partial charge < -0.3 is 4.90 Å². The van der Waals surface area contributed by atoms with Crippen molar-refractivity contribution in [1.29, 1.82) is 5.26 Å². The van der Waals surface area contributed by atoms with Gasteiger partial charge in [0.15, 0.2) is 0 Å². The van der Waals surface area contributed by atoms with Crippen LogP contribution in [0.2, 0.25) is 0 Å². The first-order valence-electron chi connectivity index (χ1n) is 4.96. The van der Waals surface area contributed by atoms with Gasteiger partial charge in [0.25, 0.3) is 0 Å². The third kappa shape index (κ3) is 2.41. The van der Waals surface area contributed by atoms with E-state index in [1.54, 1.807) is 0 Å². The fraction of sp³-hybridized carbons (Fsp3) is 0.364. The Kier molecular flexibility index (Phi) is 3.44. The van der Waals surface area contributed by atoms with Crippen LogP contribution in [0.5, 0.6) is 0 Å². The first kappa shape index (κ1) is 10.7. The molecule has 0 saturated carbocycles. The average Bonchev–Trinajstić information content (AvgIpc) is 2.30. The molecule has 0 unspecified atom stereocenters. The maximum atomic E-state index is 9.01. The van der Waals surface area contributed by atoms with Gasteiger partial charge in [-0.15, -0.1) is 0 Å². The molecule has 1 aromatic carbocycles. The van der Waals surface area contributed by atoms with Crippen molar-refractivity contribution in [2.45, 2.75) is 0 Å². The van der Waals surface area contributed by atoms with E-state index in [9.17, 15) is 0 Å². The van der Waals surface area contributed by atoms with Gasteiger partial charge >= 0.3 is 0 Å². The Morgan fingerprint density at radius 2 is 1.80 bits per heavy atom. The van der Waals surface area contributed by atoms with Crippen LogP contribution >= 0.6 is 22.9 Å². The number of nitrogens with zero attached hydrogens (tertiary/aromatic N) is 3. The van der Waals surface area contributed by atoms with Crippen molar-refractivity contribution in [1.82, 2.24) is 3.11 Å². The highest BCUT2D eigenvalue weighted by molar-refractivity contribution is 14.1. The zero-order chi connectivity index (χ0) is 10.7. The fourth-order valence-electron chi connectivity index (χ4n) is 1.77. The molecule has 0 spiro atoms. The molecule has 0 aromatic heterocycles. The second-order valence-corrected chi connectivity index (χ2v) is 4.89. The van der Waals surface area contributed by atoms with Crippen LogP contribution in [0, 0.1) is 11.3 Å². The summed E-state index contributed by atoms with van der Waals surface area (Å²) in [6.45, 7) is 4.11.